The molecule has 0 bridgehead atoms. The Kier molecular flexibility index (Phi) is 2.58. The second kappa shape index (κ2) is 4.25. The molecule has 0 saturated heterocycles. The molecule has 0 amide bonds. The predicted molar refractivity (Wildman–Crippen MR) is 64.8 cm³/mol. The summed E-state index contributed by atoms with van der Waals surface area (Å²) in [5.41, 5.74) is 5.76. The molecule has 2 heterocycles. The van der Waals surface area contributed by atoms with Gasteiger partial charge in [-0.15, -0.1) is 0 Å². The number of hydrogen-bond donors (Lipinski definition) is 2. The Labute approximate surface area is 104 Å². The summed E-state index contributed by atoms with van der Waals surface area (Å²) >= 11 is 0. The molecule has 2 aromatic rings. The van der Waals surface area contributed by atoms with Crippen LogP contribution >= 0.6 is 0 Å². The van der Waals surface area contributed by atoms with Gasteiger partial charge in [-0.1, -0.05) is 5.16 Å². The molecule has 0 unspecified atom stereocenters. The van der Waals surface area contributed by atoms with E-state index in [0.29, 0.717) is 35.8 Å². The monoisotopic (exact) mass is 246 g/mol. The SMILES string of the molecule is Cc1nc(CNc2cc(N)nc(C3CC3)n2)no1. The summed E-state index contributed by atoms with van der Waals surface area (Å²) < 4.78 is 4.89. The van der Waals surface area contributed by atoms with Gasteiger partial charge in [0.05, 0.1) is 6.54 Å². The number of nitrogens with two attached hydrogens (primary N) is 1. The molecule has 3 N–H and O–H groups in total. The summed E-state index contributed by atoms with van der Waals surface area (Å²) in [6.45, 7) is 2.21. The number of aromatic nitrogens is 4. The number of rotatable bonds is 4. The Morgan fingerprint density at radius 3 is 2.89 bits per heavy atom. The van der Waals surface area contributed by atoms with Crippen molar-refractivity contribution in [2.24, 2.45) is 0 Å². The minimum atomic E-state index is 0.456. The molecule has 0 radical (unpaired) electrons. The van der Waals surface area contributed by atoms with E-state index in [4.69, 9.17) is 10.3 Å². The van der Waals surface area contributed by atoms with Crippen molar-refractivity contribution in [3.05, 3.63) is 23.6 Å². The van der Waals surface area contributed by atoms with Gasteiger partial charge in [0.15, 0.2) is 5.82 Å². The van der Waals surface area contributed by atoms with E-state index in [1.54, 1.807) is 13.0 Å². The average molecular weight is 246 g/mol. The lowest BCUT2D eigenvalue weighted by Crippen LogP contribution is -2.07. The van der Waals surface area contributed by atoms with Gasteiger partial charge in [-0.2, -0.15) is 4.98 Å². The van der Waals surface area contributed by atoms with Crippen LogP contribution < -0.4 is 11.1 Å². The molecule has 0 spiro atoms. The quantitative estimate of drug-likeness (QED) is 0.836. The molecule has 0 aliphatic heterocycles. The lowest BCUT2D eigenvalue weighted by Gasteiger charge is -2.05. The zero-order valence-corrected chi connectivity index (χ0v) is 10.1. The molecule has 94 valence electrons. The fourth-order valence-electron chi connectivity index (χ4n) is 1.68. The summed E-state index contributed by atoms with van der Waals surface area (Å²) in [6.07, 6.45) is 2.29. The highest BCUT2D eigenvalue weighted by Gasteiger charge is 2.27. The highest BCUT2D eigenvalue weighted by Crippen LogP contribution is 2.38. The third-order valence-corrected chi connectivity index (χ3v) is 2.70. The Bertz CT molecular complexity index is 562. The molecular weight excluding hydrogens is 232 g/mol. The van der Waals surface area contributed by atoms with Crippen LogP contribution in [0.4, 0.5) is 11.6 Å². The van der Waals surface area contributed by atoms with E-state index >= 15 is 0 Å². The van der Waals surface area contributed by atoms with Gasteiger partial charge in [0.25, 0.3) is 0 Å². The minimum Gasteiger partial charge on any atom is -0.384 e. The zero-order valence-electron chi connectivity index (χ0n) is 10.1. The van der Waals surface area contributed by atoms with Crippen LogP contribution in [-0.4, -0.2) is 20.1 Å². The number of anilines is 2. The van der Waals surface area contributed by atoms with Crippen molar-refractivity contribution < 1.29 is 4.52 Å². The van der Waals surface area contributed by atoms with Gasteiger partial charge >= 0.3 is 0 Å². The third-order valence-electron chi connectivity index (χ3n) is 2.70. The molecule has 0 atom stereocenters. The first-order valence-electron chi connectivity index (χ1n) is 5.88. The van der Waals surface area contributed by atoms with Crippen LogP contribution in [0.1, 0.15) is 36.3 Å². The molecule has 18 heavy (non-hydrogen) atoms. The van der Waals surface area contributed by atoms with E-state index in [0.717, 1.165) is 18.7 Å². The Morgan fingerprint density at radius 1 is 1.39 bits per heavy atom. The van der Waals surface area contributed by atoms with Crippen molar-refractivity contribution in [3.8, 4) is 0 Å². The van der Waals surface area contributed by atoms with E-state index in [1.165, 1.54) is 0 Å². The first-order chi connectivity index (χ1) is 8.70. The zero-order chi connectivity index (χ0) is 12.5. The summed E-state index contributed by atoms with van der Waals surface area (Å²) in [5.74, 6) is 3.62. The fourth-order valence-corrected chi connectivity index (χ4v) is 1.68. The molecule has 7 nitrogen and oxygen atoms in total. The van der Waals surface area contributed by atoms with E-state index in [9.17, 15) is 0 Å². The molecule has 1 aliphatic carbocycles. The van der Waals surface area contributed by atoms with Gasteiger partial charge in [0, 0.05) is 18.9 Å². The molecule has 7 heteroatoms. The Balaban J connectivity index is 1.71. The predicted octanol–water partition coefficient (Wildman–Crippen LogP) is 1.24. The van der Waals surface area contributed by atoms with Crippen molar-refractivity contribution >= 4 is 11.6 Å². The van der Waals surface area contributed by atoms with Gasteiger partial charge in [0.2, 0.25) is 5.89 Å². The van der Waals surface area contributed by atoms with Crippen LogP contribution in [0.25, 0.3) is 0 Å². The number of hydrogen-bond acceptors (Lipinski definition) is 7. The fraction of sp³-hybridized carbons (Fsp3) is 0.455. The van der Waals surface area contributed by atoms with Crippen molar-refractivity contribution in [2.75, 3.05) is 11.1 Å². The maximum Gasteiger partial charge on any atom is 0.223 e. The van der Waals surface area contributed by atoms with Crippen molar-refractivity contribution in [2.45, 2.75) is 32.2 Å². The summed E-state index contributed by atoms with van der Waals surface area (Å²) in [4.78, 5) is 12.8. The molecule has 1 aliphatic rings. The van der Waals surface area contributed by atoms with E-state index in [2.05, 4.69) is 25.4 Å². The van der Waals surface area contributed by atoms with Crippen molar-refractivity contribution in [3.63, 3.8) is 0 Å². The first kappa shape index (κ1) is 10.9. The highest BCUT2D eigenvalue weighted by molar-refractivity contribution is 5.45. The van der Waals surface area contributed by atoms with Crippen LogP contribution in [0.5, 0.6) is 0 Å². The third kappa shape index (κ3) is 2.39. The smallest absolute Gasteiger partial charge is 0.223 e. The molecule has 1 saturated carbocycles. The Morgan fingerprint density at radius 2 is 2.22 bits per heavy atom. The number of nitrogens with one attached hydrogen (secondary N) is 1. The maximum absolute atomic E-state index is 5.76. The number of aryl methyl sites for hydroxylation is 1. The molecule has 2 aromatic heterocycles. The second-order valence-corrected chi connectivity index (χ2v) is 4.39. The number of nitrogens with zero attached hydrogens (tertiary/aromatic N) is 4. The standard InChI is InChI=1S/C11H14N6O/c1-6-14-10(17-18-6)5-13-9-4-8(12)15-11(16-9)7-2-3-7/h4,7H,2-3,5H2,1H3,(H3,12,13,15,16). The van der Waals surface area contributed by atoms with E-state index in [1.807, 2.05) is 0 Å². The van der Waals surface area contributed by atoms with E-state index < -0.39 is 0 Å². The molecule has 0 aromatic carbocycles. The van der Waals surface area contributed by atoms with Crippen LogP contribution in [0.2, 0.25) is 0 Å². The van der Waals surface area contributed by atoms with Gasteiger partial charge in [-0.25, -0.2) is 9.97 Å². The molecule has 3 rings (SSSR count). The Hall–Kier alpha value is -2.18. The lowest BCUT2D eigenvalue weighted by molar-refractivity contribution is 0.388. The molecule has 1 fully saturated rings. The molecular formula is C11H14N6O. The minimum absolute atomic E-state index is 0.456. The topological polar surface area (TPSA) is 103 Å². The highest BCUT2D eigenvalue weighted by atomic mass is 16.5. The first-order valence-corrected chi connectivity index (χ1v) is 5.88. The largest absolute Gasteiger partial charge is 0.384 e. The van der Waals surface area contributed by atoms with Gasteiger partial charge < -0.3 is 15.6 Å². The summed E-state index contributed by atoms with van der Waals surface area (Å²) in [7, 11) is 0. The van der Waals surface area contributed by atoms with E-state index in [-0.39, 0.29) is 0 Å². The summed E-state index contributed by atoms with van der Waals surface area (Å²) in [6, 6.07) is 1.71. The van der Waals surface area contributed by atoms with Crippen LogP contribution in [-0.2, 0) is 6.54 Å². The maximum atomic E-state index is 5.76. The normalized spacial score (nSPS) is 14.7. The van der Waals surface area contributed by atoms with Crippen LogP contribution in [0.3, 0.4) is 0 Å². The van der Waals surface area contributed by atoms with Crippen LogP contribution in [0, 0.1) is 6.92 Å². The van der Waals surface area contributed by atoms with Crippen LogP contribution in [0.15, 0.2) is 10.6 Å². The lowest BCUT2D eigenvalue weighted by atomic mass is 10.4. The van der Waals surface area contributed by atoms with Gasteiger partial charge in [-0.3, -0.25) is 0 Å². The summed E-state index contributed by atoms with van der Waals surface area (Å²) in [5, 5.41) is 6.92. The number of nitrogen functional groups attached to an aromatic ring is 1. The van der Waals surface area contributed by atoms with Gasteiger partial charge in [0.1, 0.15) is 17.5 Å². The second-order valence-electron chi connectivity index (χ2n) is 4.39. The van der Waals surface area contributed by atoms with Crippen molar-refractivity contribution in [1.82, 2.24) is 20.1 Å². The average Bonchev–Trinajstić information content (AvgIpc) is 3.10. The van der Waals surface area contributed by atoms with Crippen molar-refractivity contribution in [1.29, 1.82) is 0 Å². The van der Waals surface area contributed by atoms with Gasteiger partial charge in [-0.05, 0) is 12.8 Å².